The van der Waals surface area contributed by atoms with Crippen molar-refractivity contribution in [1.29, 1.82) is 0 Å². The van der Waals surface area contributed by atoms with E-state index in [0.29, 0.717) is 0 Å². The van der Waals surface area contributed by atoms with Crippen LogP contribution in [-0.4, -0.2) is 38.8 Å². The second-order valence-corrected chi connectivity index (χ2v) is 4.87. The van der Waals surface area contributed by atoms with Crippen molar-refractivity contribution in [3.05, 3.63) is 18.5 Å². The van der Waals surface area contributed by atoms with E-state index in [0.717, 1.165) is 19.3 Å². The van der Waals surface area contributed by atoms with Gasteiger partial charge in [0.1, 0.15) is 0 Å². The molecule has 2 atom stereocenters. The van der Waals surface area contributed by atoms with Crippen molar-refractivity contribution in [2.45, 2.75) is 45.2 Å². The maximum absolute atomic E-state index is 12.2. The van der Waals surface area contributed by atoms with Crippen LogP contribution in [-0.2, 0) is 9.59 Å². The third-order valence-corrected chi connectivity index (χ3v) is 3.41. The Kier molecular flexibility index (Phi) is 4.09. The second-order valence-electron chi connectivity index (χ2n) is 4.87. The average Bonchev–Trinajstić information content (AvgIpc) is 2.39. The summed E-state index contributed by atoms with van der Waals surface area (Å²) in [5.41, 5.74) is 0. The number of anilines is 1. The van der Waals surface area contributed by atoms with E-state index >= 15 is 0 Å². The highest BCUT2D eigenvalue weighted by atomic mass is 16.2. The van der Waals surface area contributed by atoms with E-state index in [1.165, 1.54) is 12.4 Å². The summed E-state index contributed by atoms with van der Waals surface area (Å²) in [4.78, 5) is 33.5. The van der Waals surface area contributed by atoms with E-state index in [9.17, 15) is 9.59 Å². The first-order valence-electron chi connectivity index (χ1n) is 6.50. The highest BCUT2D eigenvalue weighted by Gasteiger charge is 2.32. The van der Waals surface area contributed by atoms with Crippen LogP contribution in [0.2, 0.25) is 0 Å². The molecule has 1 N–H and O–H groups in total. The number of rotatable bonds is 1. The third-order valence-electron chi connectivity index (χ3n) is 3.41. The minimum absolute atomic E-state index is 0.0960. The lowest BCUT2D eigenvalue weighted by atomic mass is 9.97. The molecule has 1 saturated heterocycles. The molecule has 1 fully saturated rings. The molecule has 2 heterocycles. The Bertz CT molecular complexity index is 453. The van der Waals surface area contributed by atoms with Crippen molar-refractivity contribution in [3.8, 4) is 0 Å². The number of amides is 2. The standard InChI is InChI=1S/C13H18N4O2/c1-9-5-3-6-10(2)17(9)12(19)11(18)16-13-14-7-4-8-15-13/h4,7-10H,3,5-6H2,1-2H3,(H,14,15,16,18). The van der Waals surface area contributed by atoms with E-state index in [1.807, 2.05) is 13.8 Å². The fourth-order valence-corrected chi connectivity index (χ4v) is 2.46. The predicted molar refractivity (Wildman–Crippen MR) is 70.3 cm³/mol. The van der Waals surface area contributed by atoms with Crippen LogP contribution in [0.15, 0.2) is 18.5 Å². The predicted octanol–water partition coefficient (Wildman–Crippen LogP) is 1.20. The Morgan fingerprint density at radius 3 is 2.37 bits per heavy atom. The largest absolute Gasteiger partial charge is 0.329 e. The summed E-state index contributed by atoms with van der Waals surface area (Å²) in [6.07, 6.45) is 5.99. The van der Waals surface area contributed by atoms with Crippen molar-refractivity contribution in [1.82, 2.24) is 14.9 Å². The maximum Gasteiger partial charge on any atom is 0.316 e. The van der Waals surface area contributed by atoms with Crippen molar-refractivity contribution in [3.63, 3.8) is 0 Å². The Labute approximate surface area is 112 Å². The van der Waals surface area contributed by atoms with Gasteiger partial charge in [-0.05, 0) is 39.2 Å². The molecule has 0 aromatic carbocycles. The molecule has 6 heteroatoms. The molecule has 1 aromatic heterocycles. The topological polar surface area (TPSA) is 75.2 Å². The van der Waals surface area contributed by atoms with Gasteiger partial charge < -0.3 is 4.90 Å². The number of hydrogen-bond donors (Lipinski definition) is 1. The molecule has 0 aliphatic carbocycles. The van der Waals surface area contributed by atoms with Gasteiger partial charge in [0.25, 0.3) is 0 Å². The average molecular weight is 262 g/mol. The van der Waals surface area contributed by atoms with Crippen molar-refractivity contribution >= 4 is 17.8 Å². The molecule has 102 valence electrons. The van der Waals surface area contributed by atoms with Crippen molar-refractivity contribution in [2.24, 2.45) is 0 Å². The first-order valence-corrected chi connectivity index (χ1v) is 6.50. The molecule has 19 heavy (non-hydrogen) atoms. The number of hydrogen-bond acceptors (Lipinski definition) is 4. The Morgan fingerprint density at radius 1 is 1.21 bits per heavy atom. The lowest BCUT2D eigenvalue weighted by Gasteiger charge is -2.38. The van der Waals surface area contributed by atoms with Crippen LogP contribution in [0.5, 0.6) is 0 Å². The van der Waals surface area contributed by atoms with E-state index in [1.54, 1.807) is 11.0 Å². The number of aromatic nitrogens is 2. The van der Waals surface area contributed by atoms with Gasteiger partial charge in [0.15, 0.2) is 0 Å². The van der Waals surface area contributed by atoms with E-state index in [4.69, 9.17) is 0 Å². The highest BCUT2D eigenvalue weighted by molar-refractivity contribution is 6.39. The fourth-order valence-electron chi connectivity index (χ4n) is 2.46. The molecule has 2 amide bonds. The number of likely N-dealkylation sites (tertiary alicyclic amines) is 1. The molecule has 0 radical (unpaired) electrons. The molecule has 0 saturated carbocycles. The van der Waals surface area contributed by atoms with Gasteiger partial charge in [-0.3, -0.25) is 14.9 Å². The summed E-state index contributed by atoms with van der Waals surface area (Å²) >= 11 is 0. The molecular weight excluding hydrogens is 244 g/mol. The zero-order valence-corrected chi connectivity index (χ0v) is 11.2. The van der Waals surface area contributed by atoms with Crippen LogP contribution in [0.3, 0.4) is 0 Å². The smallest absolute Gasteiger partial charge is 0.316 e. The SMILES string of the molecule is CC1CCCC(C)N1C(=O)C(=O)Nc1ncccn1. The number of nitrogens with one attached hydrogen (secondary N) is 1. The molecule has 6 nitrogen and oxygen atoms in total. The summed E-state index contributed by atoms with van der Waals surface area (Å²) < 4.78 is 0. The number of nitrogens with zero attached hydrogens (tertiary/aromatic N) is 3. The minimum atomic E-state index is -0.674. The zero-order valence-electron chi connectivity index (χ0n) is 11.2. The molecule has 0 bridgehead atoms. The van der Waals surface area contributed by atoms with Gasteiger partial charge in [-0.25, -0.2) is 9.97 Å². The first kappa shape index (κ1) is 13.5. The van der Waals surface area contributed by atoms with Gasteiger partial charge in [0.2, 0.25) is 5.95 Å². The van der Waals surface area contributed by atoms with Crippen LogP contribution in [0, 0.1) is 0 Å². The molecule has 0 spiro atoms. The van der Waals surface area contributed by atoms with Crippen molar-refractivity contribution in [2.75, 3.05) is 5.32 Å². The lowest BCUT2D eigenvalue weighted by Crippen LogP contribution is -2.51. The van der Waals surface area contributed by atoms with Crippen LogP contribution in [0.1, 0.15) is 33.1 Å². The van der Waals surface area contributed by atoms with Crippen molar-refractivity contribution < 1.29 is 9.59 Å². The van der Waals surface area contributed by atoms with E-state index in [2.05, 4.69) is 15.3 Å². The number of carbonyl (C=O) groups is 2. The monoisotopic (exact) mass is 262 g/mol. The zero-order chi connectivity index (χ0) is 13.8. The summed E-state index contributed by atoms with van der Waals surface area (Å²) in [5.74, 6) is -1.03. The van der Waals surface area contributed by atoms with Crippen LogP contribution in [0.4, 0.5) is 5.95 Å². The fraction of sp³-hybridized carbons (Fsp3) is 0.538. The van der Waals surface area contributed by atoms with Gasteiger partial charge in [-0.2, -0.15) is 0 Å². The summed E-state index contributed by atoms with van der Waals surface area (Å²) in [7, 11) is 0. The maximum atomic E-state index is 12.2. The van der Waals surface area contributed by atoms with Crippen LogP contribution in [0.25, 0.3) is 0 Å². The molecule has 1 aromatic rings. The minimum Gasteiger partial charge on any atom is -0.329 e. The van der Waals surface area contributed by atoms with Crippen LogP contribution >= 0.6 is 0 Å². The molecule has 2 unspecified atom stereocenters. The van der Waals surface area contributed by atoms with Gasteiger partial charge in [0, 0.05) is 24.5 Å². The third kappa shape index (κ3) is 3.07. The summed E-state index contributed by atoms with van der Waals surface area (Å²) in [5, 5.41) is 2.43. The number of carbonyl (C=O) groups excluding carboxylic acids is 2. The second kappa shape index (κ2) is 5.77. The van der Waals surface area contributed by atoms with Gasteiger partial charge >= 0.3 is 11.8 Å². The molecule has 1 aliphatic heterocycles. The highest BCUT2D eigenvalue weighted by Crippen LogP contribution is 2.22. The Hall–Kier alpha value is -1.98. The normalized spacial score (nSPS) is 22.9. The number of piperidine rings is 1. The van der Waals surface area contributed by atoms with E-state index < -0.39 is 11.8 Å². The first-order chi connectivity index (χ1) is 9.09. The molecular formula is C13H18N4O2. The van der Waals surface area contributed by atoms with Gasteiger partial charge in [-0.1, -0.05) is 0 Å². The molecule has 2 rings (SSSR count). The Balaban J connectivity index is 2.04. The van der Waals surface area contributed by atoms with E-state index in [-0.39, 0.29) is 18.0 Å². The van der Waals surface area contributed by atoms with Gasteiger partial charge in [-0.15, -0.1) is 0 Å². The van der Waals surface area contributed by atoms with Gasteiger partial charge in [0.05, 0.1) is 0 Å². The Morgan fingerprint density at radius 2 is 1.79 bits per heavy atom. The lowest BCUT2D eigenvalue weighted by molar-refractivity contribution is -0.147. The summed E-state index contributed by atoms with van der Waals surface area (Å²) in [6, 6.07) is 1.84. The van der Waals surface area contributed by atoms with Crippen LogP contribution < -0.4 is 5.32 Å². The molecule has 1 aliphatic rings. The quantitative estimate of drug-likeness (QED) is 0.772. The summed E-state index contributed by atoms with van der Waals surface area (Å²) in [6.45, 7) is 3.94.